The van der Waals surface area contributed by atoms with Crippen LogP contribution in [0.25, 0.3) is 0 Å². The fraction of sp³-hybridized carbons (Fsp3) is 0.0769. The van der Waals surface area contributed by atoms with Gasteiger partial charge in [-0.25, -0.2) is 8.78 Å². The van der Waals surface area contributed by atoms with Crippen molar-refractivity contribution in [3.63, 3.8) is 0 Å². The maximum Gasteiger partial charge on any atom is 0.124 e. The van der Waals surface area contributed by atoms with Gasteiger partial charge < -0.3 is 5.73 Å². The van der Waals surface area contributed by atoms with Crippen LogP contribution in [0, 0.1) is 11.6 Å². The van der Waals surface area contributed by atoms with Crippen molar-refractivity contribution in [3.8, 4) is 0 Å². The number of halogens is 2. The Kier molecular flexibility index (Phi) is 3.72. The molecule has 5 heteroatoms. The Morgan fingerprint density at radius 3 is 2.50 bits per heavy atom. The molecule has 0 heterocycles. The molecular weight excluding hydrogens is 256 g/mol. The van der Waals surface area contributed by atoms with E-state index in [1.54, 1.807) is 6.07 Å². The second kappa shape index (κ2) is 5.27. The summed E-state index contributed by atoms with van der Waals surface area (Å²) in [5.41, 5.74) is 6.50. The summed E-state index contributed by atoms with van der Waals surface area (Å²) in [7, 11) is -1.45. The molecule has 0 amide bonds. The molecule has 2 aromatic rings. The monoisotopic (exact) mass is 267 g/mol. The number of hydrogen-bond acceptors (Lipinski definition) is 2. The lowest BCUT2D eigenvalue weighted by Crippen LogP contribution is -2.01. The van der Waals surface area contributed by atoms with E-state index in [1.165, 1.54) is 36.4 Å². The highest BCUT2D eigenvalue weighted by atomic mass is 32.2. The molecule has 0 bridgehead atoms. The van der Waals surface area contributed by atoms with Crippen molar-refractivity contribution in [2.45, 2.75) is 10.6 Å². The molecule has 0 spiro atoms. The third-order valence-electron chi connectivity index (χ3n) is 2.45. The largest absolute Gasteiger partial charge is 0.398 e. The zero-order valence-electron chi connectivity index (χ0n) is 9.40. The van der Waals surface area contributed by atoms with E-state index >= 15 is 0 Å². The molecule has 0 fully saturated rings. The summed E-state index contributed by atoms with van der Waals surface area (Å²) in [4.78, 5) is 0.360. The predicted octanol–water partition coefficient (Wildman–Crippen LogP) is 2.85. The number of benzene rings is 2. The van der Waals surface area contributed by atoms with Crippen molar-refractivity contribution in [3.05, 3.63) is 59.7 Å². The maximum atomic E-state index is 13.0. The molecule has 2 nitrogen and oxygen atoms in total. The number of anilines is 1. The van der Waals surface area contributed by atoms with E-state index in [-0.39, 0.29) is 5.75 Å². The van der Waals surface area contributed by atoms with Crippen LogP contribution < -0.4 is 5.73 Å². The molecule has 2 N–H and O–H groups in total. The zero-order valence-corrected chi connectivity index (χ0v) is 10.2. The minimum absolute atomic E-state index is 0.0625. The smallest absolute Gasteiger partial charge is 0.124 e. The standard InChI is InChI=1S/C13H11F2NOS/c14-10-2-1-3-12(7-10)18(17)8-9-6-11(15)4-5-13(9)16/h1-7H,8,16H2. The Morgan fingerprint density at radius 2 is 1.78 bits per heavy atom. The third-order valence-corrected chi connectivity index (χ3v) is 3.80. The van der Waals surface area contributed by atoms with Gasteiger partial charge in [-0.3, -0.25) is 4.21 Å². The zero-order chi connectivity index (χ0) is 13.1. The first-order valence-electron chi connectivity index (χ1n) is 5.24. The minimum Gasteiger partial charge on any atom is -0.398 e. The average Bonchev–Trinajstić information content (AvgIpc) is 2.34. The van der Waals surface area contributed by atoms with Gasteiger partial charge in [0, 0.05) is 10.6 Å². The predicted molar refractivity (Wildman–Crippen MR) is 67.3 cm³/mol. The van der Waals surface area contributed by atoms with Crippen LogP contribution in [0.2, 0.25) is 0 Å². The molecule has 2 rings (SSSR count). The van der Waals surface area contributed by atoms with Crippen molar-refractivity contribution < 1.29 is 13.0 Å². The fourth-order valence-corrected chi connectivity index (χ4v) is 2.71. The van der Waals surface area contributed by atoms with Crippen molar-refractivity contribution in [2.24, 2.45) is 0 Å². The lowest BCUT2D eigenvalue weighted by molar-refractivity contribution is 0.622. The molecule has 2 aromatic carbocycles. The first-order chi connectivity index (χ1) is 8.56. The van der Waals surface area contributed by atoms with Crippen molar-refractivity contribution in [1.82, 2.24) is 0 Å². The quantitative estimate of drug-likeness (QED) is 0.869. The molecule has 0 aliphatic carbocycles. The second-order valence-electron chi connectivity index (χ2n) is 3.79. The van der Waals surface area contributed by atoms with Gasteiger partial charge in [-0.1, -0.05) is 6.07 Å². The molecular formula is C13H11F2NOS. The third kappa shape index (κ3) is 2.92. The van der Waals surface area contributed by atoms with Gasteiger partial charge in [-0.2, -0.15) is 0 Å². The van der Waals surface area contributed by atoms with Crippen LogP contribution in [0.15, 0.2) is 47.4 Å². The van der Waals surface area contributed by atoms with Crippen LogP contribution in [0.5, 0.6) is 0 Å². The van der Waals surface area contributed by atoms with Crippen molar-refractivity contribution in [1.29, 1.82) is 0 Å². The van der Waals surface area contributed by atoms with Gasteiger partial charge in [0.05, 0.1) is 16.6 Å². The Balaban J connectivity index is 2.24. The van der Waals surface area contributed by atoms with Gasteiger partial charge >= 0.3 is 0 Å². The van der Waals surface area contributed by atoms with E-state index in [1.807, 2.05) is 0 Å². The van der Waals surface area contributed by atoms with Gasteiger partial charge in [-0.05, 0) is 42.0 Å². The molecule has 0 radical (unpaired) electrons. The maximum absolute atomic E-state index is 13.0. The first kappa shape index (κ1) is 12.7. The summed E-state index contributed by atoms with van der Waals surface area (Å²) in [5.74, 6) is -0.823. The van der Waals surface area contributed by atoms with Gasteiger partial charge in [-0.15, -0.1) is 0 Å². The molecule has 94 valence electrons. The molecule has 0 saturated carbocycles. The van der Waals surface area contributed by atoms with Crippen LogP contribution in [-0.2, 0) is 16.6 Å². The fourth-order valence-electron chi connectivity index (χ4n) is 1.53. The van der Waals surface area contributed by atoms with E-state index in [4.69, 9.17) is 5.73 Å². The van der Waals surface area contributed by atoms with Crippen molar-refractivity contribution in [2.75, 3.05) is 5.73 Å². The summed E-state index contributed by atoms with van der Waals surface area (Å²) in [5, 5.41) is 0. The van der Waals surface area contributed by atoms with Crippen LogP contribution >= 0.6 is 0 Å². The van der Waals surface area contributed by atoms with Gasteiger partial charge in [0.1, 0.15) is 11.6 Å². The number of nitrogens with two attached hydrogens (primary N) is 1. The summed E-state index contributed by atoms with van der Waals surface area (Å²) >= 11 is 0. The van der Waals surface area contributed by atoms with Gasteiger partial charge in [0.2, 0.25) is 0 Å². The second-order valence-corrected chi connectivity index (χ2v) is 5.24. The van der Waals surface area contributed by atoms with E-state index < -0.39 is 22.4 Å². The van der Waals surface area contributed by atoms with Crippen LogP contribution in [0.4, 0.5) is 14.5 Å². The molecule has 1 atom stereocenters. The van der Waals surface area contributed by atoms with Gasteiger partial charge in [0.25, 0.3) is 0 Å². The normalized spacial score (nSPS) is 12.3. The Bertz CT molecular complexity index is 601. The first-order valence-corrected chi connectivity index (χ1v) is 6.56. The van der Waals surface area contributed by atoms with E-state index in [0.29, 0.717) is 16.1 Å². The molecule has 0 aromatic heterocycles. The average molecular weight is 267 g/mol. The minimum atomic E-state index is -1.45. The highest BCUT2D eigenvalue weighted by molar-refractivity contribution is 7.84. The Hall–Kier alpha value is -1.75. The lowest BCUT2D eigenvalue weighted by Gasteiger charge is -2.06. The molecule has 0 aliphatic rings. The summed E-state index contributed by atoms with van der Waals surface area (Å²) in [6, 6.07) is 9.43. The molecule has 0 saturated heterocycles. The SMILES string of the molecule is Nc1ccc(F)cc1CS(=O)c1cccc(F)c1. The van der Waals surface area contributed by atoms with E-state index in [0.717, 1.165) is 0 Å². The molecule has 0 aliphatic heterocycles. The van der Waals surface area contributed by atoms with E-state index in [9.17, 15) is 13.0 Å². The number of nitrogen functional groups attached to an aromatic ring is 1. The topological polar surface area (TPSA) is 43.1 Å². The summed E-state index contributed by atoms with van der Waals surface area (Å²) in [6.07, 6.45) is 0. The molecule has 18 heavy (non-hydrogen) atoms. The highest BCUT2D eigenvalue weighted by Gasteiger charge is 2.09. The van der Waals surface area contributed by atoms with Crippen LogP contribution in [0.1, 0.15) is 5.56 Å². The molecule has 1 unspecified atom stereocenters. The highest BCUT2D eigenvalue weighted by Crippen LogP contribution is 2.19. The van der Waals surface area contributed by atoms with Crippen LogP contribution in [0.3, 0.4) is 0 Å². The number of rotatable bonds is 3. The van der Waals surface area contributed by atoms with Gasteiger partial charge in [0.15, 0.2) is 0 Å². The number of hydrogen-bond donors (Lipinski definition) is 1. The summed E-state index contributed by atoms with van der Waals surface area (Å²) in [6.45, 7) is 0. The summed E-state index contributed by atoms with van der Waals surface area (Å²) < 4.78 is 38.0. The lowest BCUT2D eigenvalue weighted by atomic mass is 10.2. The van der Waals surface area contributed by atoms with Crippen LogP contribution in [-0.4, -0.2) is 4.21 Å². The van der Waals surface area contributed by atoms with Crippen molar-refractivity contribution >= 4 is 16.5 Å². The van der Waals surface area contributed by atoms with E-state index in [2.05, 4.69) is 0 Å². The Morgan fingerprint density at radius 1 is 1.06 bits per heavy atom. The Labute approximate surface area is 106 Å².